The molecule has 0 N–H and O–H groups in total. The Kier molecular flexibility index (Phi) is 5.74. The van der Waals surface area contributed by atoms with Gasteiger partial charge in [-0.2, -0.15) is 0 Å². The average molecular weight is 262 g/mol. The van der Waals surface area contributed by atoms with Crippen LogP contribution in [0, 0.1) is 5.41 Å². The van der Waals surface area contributed by atoms with E-state index in [0.29, 0.717) is 12.8 Å². The topological polar surface area (TPSA) is 43.4 Å². The average Bonchev–Trinajstić information content (AvgIpc) is 2.43. The Morgan fingerprint density at radius 2 is 1.79 bits per heavy atom. The zero-order valence-corrected chi connectivity index (χ0v) is 11.9. The highest BCUT2D eigenvalue weighted by atomic mass is 16.5. The maximum Gasteiger partial charge on any atom is 0.319 e. The molecule has 0 aliphatic rings. The summed E-state index contributed by atoms with van der Waals surface area (Å²) in [5.74, 6) is -0.497. The first kappa shape index (κ1) is 15.4. The van der Waals surface area contributed by atoms with E-state index in [9.17, 15) is 9.59 Å². The van der Waals surface area contributed by atoms with Gasteiger partial charge in [0.2, 0.25) is 0 Å². The fraction of sp³-hybridized carbons (Fsp3) is 0.500. The first-order chi connectivity index (χ1) is 9.06. The Bertz CT molecular complexity index is 425. The van der Waals surface area contributed by atoms with Crippen LogP contribution < -0.4 is 0 Å². The summed E-state index contributed by atoms with van der Waals surface area (Å²) >= 11 is 0. The molecule has 1 atom stereocenters. The summed E-state index contributed by atoms with van der Waals surface area (Å²) < 4.78 is 5.34. The summed E-state index contributed by atoms with van der Waals surface area (Å²) in [4.78, 5) is 24.1. The Morgan fingerprint density at radius 3 is 2.26 bits per heavy atom. The molecule has 0 saturated carbocycles. The molecule has 3 heteroatoms. The van der Waals surface area contributed by atoms with Gasteiger partial charge in [-0.15, -0.1) is 0 Å². The van der Waals surface area contributed by atoms with Gasteiger partial charge in [-0.1, -0.05) is 50.6 Å². The predicted molar refractivity (Wildman–Crippen MR) is 74.6 cm³/mol. The summed E-state index contributed by atoms with van der Waals surface area (Å²) in [5.41, 5.74) is -0.0373. The van der Waals surface area contributed by atoms with Crippen LogP contribution in [0.15, 0.2) is 30.3 Å². The molecule has 0 amide bonds. The van der Waals surface area contributed by atoms with Gasteiger partial charge in [0, 0.05) is 0 Å². The Labute approximate surface area is 115 Å². The van der Waals surface area contributed by atoms with E-state index in [4.69, 9.17) is 4.74 Å². The number of rotatable bonds is 7. The molecular formula is C16H22O3. The van der Waals surface area contributed by atoms with E-state index < -0.39 is 11.4 Å². The van der Waals surface area contributed by atoms with Gasteiger partial charge in [0.15, 0.2) is 0 Å². The molecule has 0 aromatic heterocycles. The van der Waals surface area contributed by atoms with Crippen molar-refractivity contribution >= 4 is 11.8 Å². The highest BCUT2D eigenvalue weighted by Gasteiger charge is 2.42. The minimum Gasteiger partial charge on any atom is -0.460 e. The van der Waals surface area contributed by atoms with E-state index in [-0.39, 0.29) is 12.4 Å². The number of esters is 1. The van der Waals surface area contributed by atoms with Crippen LogP contribution in [0.2, 0.25) is 0 Å². The van der Waals surface area contributed by atoms with Crippen molar-refractivity contribution in [2.24, 2.45) is 5.41 Å². The van der Waals surface area contributed by atoms with Gasteiger partial charge >= 0.3 is 5.97 Å². The minimum atomic E-state index is -0.969. The SMILES string of the molecule is CCCC(CC)(C(C)=O)C(=O)OCc1ccccc1. The van der Waals surface area contributed by atoms with E-state index in [1.54, 1.807) is 0 Å². The van der Waals surface area contributed by atoms with Crippen LogP contribution in [-0.2, 0) is 20.9 Å². The molecule has 0 bridgehead atoms. The van der Waals surface area contributed by atoms with Gasteiger partial charge in [-0.05, 0) is 25.3 Å². The zero-order chi connectivity index (χ0) is 14.3. The molecule has 0 aliphatic heterocycles. The molecule has 0 aliphatic carbocycles. The highest BCUT2D eigenvalue weighted by Crippen LogP contribution is 2.31. The number of ketones is 1. The van der Waals surface area contributed by atoms with Gasteiger partial charge in [-0.25, -0.2) is 0 Å². The third-order valence-corrected chi connectivity index (χ3v) is 3.56. The monoisotopic (exact) mass is 262 g/mol. The maximum atomic E-state index is 12.3. The molecular weight excluding hydrogens is 240 g/mol. The van der Waals surface area contributed by atoms with Crippen LogP contribution in [0.1, 0.15) is 45.6 Å². The lowest BCUT2D eigenvalue weighted by Crippen LogP contribution is -2.38. The molecule has 0 radical (unpaired) electrons. The van der Waals surface area contributed by atoms with Crippen LogP contribution in [0.5, 0.6) is 0 Å². The van der Waals surface area contributed by atoms with Crippen molar-refractivity contribution in [3.05, 3.63) is 35.9 Å². The fourth-order valence-corrected chi connectivity index (χ4v) is 2.28. The molecule has 3 nitrogen and oxygen atoms in total. The molecule has 0 spiro atoms. The van der Waals surface area contributed by atoms with E-state index in [2.05, 4.69) is 0 Å². The van der Waals surface area contributed by atoms with Crippen molar-refractivity contribution in [3.63, 3.8) is 0 Å². The standard InChI is InChI=1S/C16H22O3/c1-4-11-16(5-2,13(3)17)15(18)19-12-14-9-7-6-8-10-14/h6-10H,4-5,11-12H2,1-3H3. The first-order valence-electron chi connectivity index (χ1n) is 6.79. The summed E-state index contributed by atoms with van der Waals surface area (Å²) in [5, 5.41) is 0. The smallest absolute Gasteiger partial charge is 0.319 e. The van der Waals surface area contributed by atoms with E-state index in [0.717, 1.165) is 12.0 Å². The summed E-state index contributed by atoms with van der Waals surface area (Å²) in [6.07, 6.45) is 1.82. The summed E-state index contributed by atoms with van der Waals surface area (Å²) in [6, 6.07) is 9.50. The number of carbonyl (C=O) groups is 2. The van der Waals surface area contributed by atoms with Gasteiger partial charge in [-0.3, -0.25) is 9.59 Å². The van der Waals surface area contributed by atoms with E-state index >= 15 is 0 Å². The Hall–Kier alpha value is -1.64. The van der Waals surface area contributed by atoms with E-state index in [1.165, 1.54) is 6.92 Å². The lowest BCUT2D eigenvalue weighted by molar-refractivity contribution is -0.162. The van der Waals surface area contributed by atoms with Crippen molar-refractivity contribution in [2.75, 3.05) is 0 Å². The molecule has 1 aromatic carbocycles. The van der Waals surface area contributed by atoms with E-state index in [1.807, 2.05) is 44.2 Å². The summed E-state index contributed by atoms with van der Waals surface area (Å²) in [7, 11) is 0. The number of carbonyl (C=O) groups excluding carboxylic acids is 2. The molecule has 1 unspecified atom stereocenters. The van der Waals surface area contributed by atoms with Gasteiger partial charge < -0.3 is 4.74 Å². The van der Waals surface area contributed by atoms with Gasteiger partial charge in [0.1, 0.15) is 17.8 Å². The first-order valence-corrected chi connectivity index (χ1v) is 6.79. The van der Waals surface area contributed by atoms with Crippen LogP contribution in [0.4, 0.5) is 0 Å². The number of ether oxygens (including phenoxy) is 1. The zero-order valence-electron chi connectivity index (χ0n) is 11.9. The third-order valence-electron chi connectivity index (χ3n) is 3.56. The number of hydrogen-bond donors (Lipinski definition) is 0. The van der Waals surface area contributed by atoms with Crippen LogP contribution in [0.25, 0.3) is 0 Å². The Morgan fingerprint density at radius 1 is 1.16 bits per heavy atom. The van der Waals surface area contributed by atoms with Crippen molar-refractivity contribution in [3.8, 4) is 0 Å². The highest BCUT2D eigenvalue weighted by molar-refractivity contribution is 6.02. The molecule has 19 heavy (non-hydrogen) atoms. The molecule has 0 heterocycles. The second-order valence-corrected chi connectivity index (χ2v) is 4.80. The third kappa shape index (κ3) is 3.66. The fourth-order valence-electron chi connectivity index (χ4n) is 2.28. The molecule has 1 aromatic rings. The van der Waals surface area contributed by atoms with Crippen molar-refractivity contribution < 1.29 is 14.3 Å². The lowest BCUT2D eigenvalue weighted by atomic mass is 9.77. The number of hydrogen-bond acceptors (Lipinski definition) is 3. The Balaban J connectivity index is 2.75. The predicted octanol–water partition coefficient (Wildman–Crippen LogP) is 3.52. The lowest BCUT2D eigenvalue weighted by Gasteiger charge is -2.27. The molecule has 0 saturated heterocycles. The normalized spacial score (nSPS) is 13.6. The van der Waals surface area contributed by atoms with Crippen LogP contribution >= 0.6 is 0 Å². The molecule has 1 rings (SSSR count). The second-order valence-electron chi connectivity index (χ2n) is 4.80. The largest absolute Gasteiger partial charge is 0.460 e. The summed E-state index contributed by atoms with van der Waals surface area (Å²) in [6.45, 7) is 5.53. The molecule has 0 fully saturated rings. The van der Waals surface area contributed by atoms with Crippen molar-refractivity contribution in [1.82, 2.24) is 0 Å². The quantitative estimate of drug-likeness (QED) is 0.558. The van der Waals surface area contributed by atoms with Crippen LogP contribution in [-0.4, -0.2) is 11.8 Å². The maximum absolute atomic E-state index is 12.3. The molecule has 104 valence electrons. The number of benzene rings is 1. The van der Waals surface area contributed by atoms with Crippen molar-refractivity contribution in [2.45, 2.75) is 46.6 Å². The van der Waals surface area contributed by atoms with Crippen molar-refractivity contribution in [1.29, 1.82) is 0 Å². The number of Topliss-reactive ketones (excluding diaryl/α,β-unsaturated/α-hetero) is 1. The minimum absolute atomic E-state index is 0.102. The second kappa shape index (κ2) is 7.07. The van der Waals surface area contributed by atoms with Gasteiger partial charge in [0.25, 0.3) is 0 Å². The van der Waals surface area contributed by atoms with Crippen LogP contribution in [0.3, 0.4) is 0 Å². The van der Waals surface area contributed by atoms with Gasteiger partial charge in [0.05, 0.1) is 0 Å².